The van der Waals surface area contributed by atoms with Crippen LogP contribution in [0.2, 0.25) is 0 Å². The van der Waals surface area contributed by atoms with Gasteiger partial charge in [0.1, 0.15) is 12.4 Å². The van der Waals surface area contributed by atoms with Crippen LogP contribution in [-0.2, 0) is 29.0 Å². The van der Waals surface area contributed by atoms with Crippen LogP contribution in [0.3, 0.4) is 0 Å². The number of guanidine groups is 1. The molecule has 152 valence electrons. The highest BCUT2D eigenvalue weighted by Crippen LogP contribution is 2.51. The normalized spacial score (nSPS) is 29.8. The number of aliphatic imine (C=N–C) groups is 1. The van der Waals surface area contributed by atoms with E-state index in [0.29, 0.717) is 12.6 Å². The Balaban J connectivity index is 1.62. The standard InChI is InChI=1S/C19H34N6O2/c1-7-20-17(22-14-10-19(4,27-6)18(14,2)3)21-13-8-9-16-23-15(12-26-5)24-25(16)11-13/h13-14H,7-12H2,1-6H3,(H2,20,21,22). The van der Waals surface area contributed by atoms with Gasteiger partial charge in [-0.1, -0.05) is 13.8 Å². The lowest BCUT2D eigenvalue weighted by molar-refractivity contribution is -0.176. The third-order valence-corrected chi connectivity index (χ3v) is 6.42. The average Bonchev–Trinajstić information content (AvgIpc) is 3.03. The fraction of sp³-hybridized carbons (Fsp3) is 0.842. The Bertz CT molecular complexity index is 686. The highest BCUT2D eigenvalue weighted by molar-refractivity contribution is 5.80. The molecule has 0 saturated heterocycles. The number of fused-ring (bicyclic) bond motifs is 1. The molecule has 1 aromatic rings. The molecule has 2 N–H and O–H groups in total. The van der Waals surface area contributed by atoms with E-state index < -0.39 is 0 Å². The number of ether oxygens (including phenoxy) is 2. The van der Waals surface area contributed by atoms with Crippen molar-refractivity contribution < 1.29 is 9.47 Å². The van der Waals surface area contributed by atoms with Crippen molar-refractivity contribution in [3.05, 3.63) is 11.6 Å². The van der Waals surface area contributed by atoms with Gasteiger partial charge in [-0.2, -0.15) is 5.10 Å². The van der Waals surface area contributed by atoms with E-state index in [4.69, 9.17) is 9.47 Å². The molecule has 1 aliphatic heterocycles. The van der Waals surface area contributed by atoms with Gasteiger partial charge in [0.05, 0.1) is 12.1 Å². The van der Waals surface area contributed by atoms with Crippen LogP contribution >= 0.6 is 0 Å². The molecule has 0 amide bonds. The van der Waals surface area contributed by atoms with Crippen LogP contribution in [0, 0.1) is 5.41 Å². The summed E-state index contributed by atoms with van der Waals surface area (Å²) < 4.78 is 12.9. The third kappa shape index (κ3) is 3.82. The maximum atomic E-state index is 5.74. The first-order valence-electron chi connectivity index (χ1n) is 9.87. The number of aryl methyl sites for hydroxylation is 1. The molecule has 2 heterocycles. The van der Waals surface area contributed by atoms with E-state index in [2.05, 4.69) is 53.4 Å². The number of nitrogens with zero attached hydrogens (tertiary/aromatic N) is 4. The number of methoxy groups -OCH3 is 2. The molecule has 0 radical (unpaired) electrons. The number of hydrogen-bond donors (Lipinski definition) is 2. The Hall–Kier alpha value is -1.67. The highest BCUT2D eigenvalue weighted by atomic mass is 16.5. The zero-order valence-corrected chi connectivity index (χ0v) is 17.5. The number of rotatable bonds is 6. The molecule has 1 aromatic heterocycles. The quantitative estimate of drug-likeness (QED) is 0.576. The summed E-state index contributed by atoms with van der Waals surface area (Å²) in [5.41, 5.74) is -0.0567. The molecule has 1 fully saturated rings. The minimum absolute atomic E-state index is 0.0403. The van der Waals surface area contributed by atoms with E-state index in [1.807, 2.05) is 4.68 Å². The van der Waals surface area contributed by atoms with Crippen molar-refractivity contribution >= 4 is 5.96 Å². The summed E-state index contributed by atoms with van der Waals surface area (Å²) in [6.07, 6.45) is 2.89. The predicted molar refractivity (Wildman–Crippen MR) is 105 cm³/mol. The van der Waals surface area contributed by atoms with Crippen molar-refractivity contribution in [2.75, 3.05) is 20.8 Å². The van der Waals surface area contributed by atoms with Gasteiger partial charge >= 0.3 is 0 Å². The van der Waals surface area contributed by atoms with E-state index in [9.17, 15) is 0 Å². The van der Waals surface area contributed by atoms with Crippen molar-refractivity contribution in [2.24, 2.45) is 10.4 Å². The molecule has 27 heavy (non-hydrogen) atoms. The fourth-order valence-corrected chi connectivity index (χ4v) is 4.04. The Labute approximate surface area is 162 Å². The first-order chi connectivity index (χ1) is 12.8. The Kier molecular flexibility index (Phi) is 5.76. The molecule has 8 nitrogen and oxygen atoms in total. The minimum Gasteiger partial charge on any atom is -0.378 e. The lowest BCUT2D eigenvalue weighted by Crippen LogP contribution is -2.70. The van der Waals surface area contributed by atoms with Gasteiger partial charge in [0.25, 0.3) is 0 Å². The van der Waals surface area contributed by atoms with Crippen LogP contribution in [-0.4, -0.2) is 59.2 Å². The Morgan fingerprint density at radius 2 is 2.07 bits per heavy atom. The summed E-state index contributed by atoms with van der Waals surface area (Å²) >= 11 is 0. The first-order valence-corrected chi connectivity index (χ1v) is 9.87. The van der Waals surface area contributed by atoms with Crippen LogP contribution in [0.25, 0.3) is 0 Å². The summed E-state index contributed by atoms with van der Waals surface area (Å²) in [5.74, 6) is 2.67. The number of hydrogen-bond acceptors (Lipinski definition) is 5. The summed E-state index contributed by atoms with van der Waals surface area (Å²) in [6, 6.07) is 0.614. The van der Waals surface area contributed by atoms with Crippen LogP contribution < -0.4 is 10.6 Å². The van der Waals surface area contributed by atoms with Gasteiger partial charge in [0.15, 0.2) is 11.8 Å². The summed E-state index contributed by atoms with van der Waals surface area (Å²) in [4.78, 5) is 9.20. The zero-order valence-electron chi connectivity index (χ0n) is 17.5. The number of aromatic nitrogens is 3. The molecule has 3 rings (SSSR count). The van der Waals surface area contributed by atoms with Crippen molar-refractivity contribution in [3.8, 4) is 0 Å². The average molecular weight is 379 g/mol. The maximum Gasteiger partial charge on any atom is 0.191 e. The topological polar surface area (TPSA) is 85.6 Å². The van der Waals surface area contributed by atoms with Crippen LogP contribution in [0.15, 0.2) is 4.99 Å². The smallest absolute Gasteiger partial charge is 0.191 e. The predicted octanol–water partition coefficient (Wildman–Crippen LogP) is 1.50. The molecular weight excluding hydrogens is 344 g/mol. The summed E-state index contributed by atoms with van der Waals surface area (Å²) in [7, 11) is 3.47. The molecule has 0 spiro atoms. The molecule has 0 aromatic carbocycles. The van der Waals surface area contributed by atoms with Crippen LogP contribution in [0.1, 0.15) is 52.2 Å². The molecular formula is C19H34N6O2. The molecule has 3 unspecified atom stereocenters. The van der Waals surface area contributed by atoms with Gasteiger partial charge in [-0.05, 0) is 26.7 Å². The van der Waals surface area contributed by atoms with Crippen molar-refractivity contribution in [2.45, 2.75) is 77.8 Å². The minimum atomic E-state index is -0.0970. The first kappa shape index (κ1) is 20.1. The van der Waals surface area contributed by atoms with E-state index >= 15 is 0 Å². The third-order valence-electron chi connectivity index (χ3n) is 6.42. The molecule has 1 saturated carbocycles. The maximum absolute atomic E-state index is 5.74. The van der Waals surface area contributed by atoms with Crippen LogP contribution in [0.5, 0.6) is 0 Å². The van der Waals surface area contributed by atoms with E-state index in [0.717, 1.165) is 50.0 Å². The van der Waals surface area contributed by atoms with Gasteiger partial charge in [-0.3, -0.25) is 4.99 Å². The van der Waals surface area contributed by atoms with Crippen molar-refractivity contribution in [1.29, 1.82) is 0 Å². The van der Waals surface area contributed by atoms with Gasteiger partial charge in [0.2, 0.25) is 0 Å². The monoisotopic (exact) mass is 378 g/mol. The lowest BCUT2D eigenvalue weighted by Gasteiger charge is -2.59. The second-order valence-corrected chi connectivity index (χ2v) is 8.32. The van der Waals surface area contributed by atoms with Gasteiger partial charge in [-0.25, -0.2) is 9.67 Å². The molecule has 3 atom stereocenters. The second kappa shape index (κ2) is 7.75. The van der Waals surface area contributed by atoms with Gasteiger partial charge in [0, 0.05) is 44.7 Å². The van der Waals surface area contributed by atoms with Crippen molar-refractivity contribution in [3.63, 3.8) is 0 Å². The van der Waals surface area contributed by atoms with Gasteiger partial charge < -0.3 is 20.1 Å². The molecule has 1 aliphatic carbocycles. The highest BCUT2D eigenvalue weighted by Gasteiger charge is 2.58. The molecule has 2 aliphatic rings. The Morgan fingerprint density at radius 1 is 1.30 bits per heavy atom. The van der Waals surface area contributed by atoms with Crippen molar-refractivity contribution in [1.82, 2.24) is 25.4 Å². The molecule has 8 heteroatoms. The fourth-order valence-electron chi connectivity index (χ4n) is 4.04. The van der Waals surface area contributed by atoms with E-state index in [1.54, 1.807) is 14.2 Å². The van der Waals surface area contributed by atoms with E-state index in [1.165, 1.54) is 0 Å². The van der Waals surface area contributed by atoms with Gasteiger partial charge in [-0.15, -0.1) is 0 Å². The SMILES string of the molecule is CCN=C(NC1CCc2nc(COC)nn2C1)NC1CC(C)(OC)C1(C)C. The molecule has 0 bridgehead atoms. The largest absolute Gasteiger partial charge is 0.378 e. The Morgan fingerprint density at radius 3 is 2.70 bits per heavy atom. The van der Waals surface area contributed by atoms with Crippen LogP contribution in [0.4, 0.5) is 0 Å². The summed E-state index contributed by atoms with van der Waals surface area (Å²) in [5, 5.41) is 11.8. The lowest BCUT2D eigenvalue weighted by atomic mass is 9.56. The second-order valence-electron chi connectivity index (χ2n) is 8.32. The zero-order chi connectivity index (χ0) is 19.7. The summed E-state index contributed by atoms with van der Waals surface area (Å²) in [6.45, 7) is 10.7. The van der Waals surface area contributed by atoms with E-state index in [-0.39, 0.29) is 17.1 Å². The number of nitrogens with one attached hydrogen (secondary N) is 2.